The number of nitrogens with one attached hydrogen (secondary N) is 1. The van der Waals surface area contributed by atoms with Gasteiger partial charge in [-0.05, 0) is 35.9 Å². The maximum atomic E-state index is 12.9. The number of carbonyl (C=O) groups excluding carboxylic acids is 1. The zero-order valence-corrected chi connectivity index (χ0v) is 15.4. The van der Waals surface area contributed by atoms with Crippen LogP contribution in [0, 0.1) is 5.82 Å². The topological polar surface area (TPSA) is 76.1 Å². The maximum Gasteiger partial charge on any atom is 0.257 e. The van der Waals surface area contributed by atoms with Crippen molar-refractivity contribution < 1.29 is 17.6 Å². The normalized spacial score (nSPS) is 11.3. The summed E-state index contributed by atoms with van der Waals surface area (Å²) in [5, 5.41) is 3.08. The molecule has 1 aromatic heterocycles. The summed E-state index contributed by atoms with van der Waals surface area (Å²) in [6.45, 7) is 0. The number of halogens is 1. The van der Waals surface area contributed by atoms with E-state index in [9.17, 15) is 17.6 Å². The first kappa shape index (κ1) is 18.2. The summed E-state index contributed by atoms with van der Waals surface area (Å²) in [6, 6.07) is 12.0. The third-order valence-electron chi connectivity index (χ3n) is 3.59. The summed E-state index contributed by atoms with van der Waals surface area (Å²) < 4.78 is 36.1. The Balaban J connectivity index is 1.71. The van der Waals surface area contributed by atoms with Gasteiger partial charge in [-0.15, -0.1) is 11.3 Å². The number of sulfone groups is 1. The van der Waals surface area contributed by atoms with Gasteiger partial charge in [0.05, 0.1) is 4.90 Å². The number of aromatic nitrogens is 1. The summed E-state index contributed by atoms with van der Waals surface area (Å²) >= 11 is 1.31. The molecule has 0 aliphatic heterocycles. The van der Waals surface area contributed by atoms with Crippen LogP contribution in [-0.2, 0) is 16.3 Å². The van der Waals surface area contributed by atoms with Crippen LogP contribution in [-0.4, -0.2) is 25.6 Å². The maximum absolute atomic E-state index is 12.9. The zero-order valence-electron chi connectivity index (χ0n) is 13.8. The number of hydrogen-bond donors (Lipinski definition) is 1. The summed E-state index contributed by atoms with van der Waals surface area (Å²) in [4.78, 5) is 17.5. The van der Waals surface area contributed by atoms with Gasteiger partial charge in [0.1, 0.15) is 5.82 Å². The van der Waals surface area contributed by atoms with Crippen LogP contribution in [0.2, 0.25) is 0 Å². The van der Waals surface area contributed by atoms with Gasteiger partial charge in [0.15, 0.2) is 15.0 Å². The molecule has 1 heterocycles. The lowest BCUT2D eigenvalue weighted by Crippen LogP contribution is -2.12. The molecule has 0 spiro atoms. The number of anilines is 1. The number of carbonyl (C=O) groups is 1. The number of rotatable bonds is 5. The molecule has 8 heteroatoms. The Hall–Kier alpha value is -2.58. The fourth-order valence-corrected chi connectivity index (χ4v) is 3.80. The van der Waals surface area contributed by atoms with E-state index in [1.807, 2.05) is 0 Å². The van der Waals surface area contributed by atoms with Crippen LogP contribution in [0.25, 0.3) is 0 Å². The molecular formula is C18H15FN2O3S2. The molecule has 0 aliphatic rings. The lowest BCUT2D eigenvalue weighted by Gasteiger charge is -2.04. The van der Waals surface area contributed by atoms with Gasteiger partial charge in [-0.1, -0.05) is 18.2 Å². The van der Waals surface area contributed by atoms with Crippen LogP contribution in [0.4, 0.5) is 9.52 Å². The Morgan fingerprint density at radius 3 is 2.62 bits per heavy atom. The Morgan fingerprint density at radius 2 is 1.92 bits per heavy atom. The SMILES string of the molecule is CS(=O)(=O)c1cccc(C(=O)Nc2ncc(Cc3ccc(F)cc3)s2)c1. The fourth-order valence-electron chi connectivity index (χ4n) is 2.29. The Bertz CT molecular complexity index is 1040. The van der Waals surface area contributed by atoms with Crippen LogP contribution in [0.15, 0.2) is 59.6 Å². The lowest BCUT2D eigenvalue weighted by molar-refractivity contribution is 0.102. The van der Waals surface area contributed by atoms with Crippen LogP contribution in [0.5, 0.6) is 0 Å². The molecule has 3 aromatic rings. The molecule has 2 aromatic carbocycles. The second-order valence-corrected chi connectivity index (χ2v) is 8.82. The van der Waals surface area contributed by atoms with Gasteiger partial charge in [0.2, 0.25) is 0 Å². The predicted molar refractivity (Wildman–Crippen MR) is 98.8 cm³/mol. The second-order valence-electron chi connectivity index (χ2n) is 5.69. The number of thiazole rings is 1. The molecule has 0 bridgehead atoms. The zero-order chi connectivity index (χ0) is 18.7. The Labute approximate surface area is 154 Å². The van der Waals surface area contributed by atoms with Crippen molar-refractivity contribution in [1.82, 2.24) is 4.98 Å². The monoisotopic (exact) mass is 390 g/mol. The highest BCUT2D eigenvalue weighted by atomic mass is 32.2. The largest absolute Gasteiger partial charge is 0.298 e. The van der Waals surface area contributed by atoms with Crippen molar-refractivity contribution in [1.29, 1.82) is 0 Å². The average Bonchev–Trinajstić information content (AvgIpc) is 3.03. The molecule has 0 saturated heterocycles. The number of hydrogen-bond acceptors (Lipinski definition) is 5. The van der Waals surface area contributed by atoms with Crippen molar-refractivity contribution in [3.05, 3.63) is 76.5 Å². The first-order chi connectivity index (χ1) is 12.3. The van der Waals surface area contributed by atoms with Crippen molar-refractivity contribution >= 4 is 32.2 Å². The molecule has 134 valence electrons. The first-order valence-corrected chi connectivity index (χ1v) is 10.3. The molecule has 0 unspecified atom stereocenters. The van der Waals surface area contributed by atoms with Crippen molar-refractivity contribution in [2.45, 2.75) is 11.3 Å². The lowest BCUT2D eigenvalue weighted by atomic mass is 10.1. The molecule has 0 radical (unpaired) electrons. The van der Waals surface area contributed by atoms with Crippen LogP contribution in [0.1, 0.15) is 20.8 Å². The van der Waals surface area contributed by atoms with Crippen molar-refractivity contribution in [2.24, 2.45) is 0 Å². The third kappa shape index (κ3) is 4.53. The minimum absolute atomic E-state index is 0.0845. The minimum Gasteiger partial charge on any atom is -0.298 e. The number of benzene rings is 2. The van der Waals surface area contributed by atoms with Crippen LogP contribution < -0.4 is 5.32 Å². The molecular weight excluding hydrogens is 375 g/mol. The predicted octanol–water partition coefficient (Wildman–Crippen LogP) is 3.53. The summed E-state index contributed by atoms with van der Waals surface area (Å²) in [5.41, 5.74) is 1.18. The number of nitrogens with zero attached hydrogens (tertiary/aromatic N) is 1. The second kappa shape index (κ2) is 7.35. The van der Waals surface area contributed by atoms with Crippen LogP contribution >= 0.6 is 11.3 Å². The summed E-state index contributed by atoms with van der Waals surface area (Å²) in [7, 11) is -3.38. The molecule has 0 aliphatic carbocycles. The molecule has 5 nitrogen and oxygen atoms in total. The smallest absolute Gasteiger partial charge is 0.257 e. The third-order valence-corrected chi connectivity index (χ3v) is 5.61. The molecule has 0 fully saturated rings. The Morgan fingerprint density at radius 1 is 1.19 bits per heavy atom. The highest BCUT2D eigenvalue weighted by Crippen LogP contribution is 2.22. The van der Waals surface area contributed by atoms with Gasteiger partial charge < -0.3 is 0 Å². The van der Waals surface area contributed by atoms with Crippen molar-refractivity contribution in [2.75, 3.05) is 11.6 Å². The number of amides is 1. The minimum atomic E-state index is -3.38. The molecule has 26 heavy (non-hydrogen) atoms. The van der Waals surface area contributed by atoms with Crippen molar-refractivity contribution in [3.63, 3.8) is 0 Å². The van der Waals surface area contributed by atoms with E-state index in [0.717, 1.165) is 16.7 Å². The molecule has 3 rings (SSSR count). The van der Waals surface area contributed by atoms with E-state index in [1.165, 1.54) is 47.7 Å². The van der Waals surface area contributed by atoms with Gasteiger partial charge in [-0.25, -0.2) is 17.8 Å². The highest BCUT2D eigenvalue weighted by Gasteiger charge is 2.13. The summed E-state index contributed by atoms with van der Waals surface area (Å²) in [5.74, 6) is -0.722. The average molecular weight is 390 g/mol. The first-order valence-electron chi connectivity index (χ1n) is 7.62. The van der Waals surface area contributed by atoms with Gasteiger partial charge in [0, 0.05) is 29.3 Å². The fraction of sp³-hybridized carbons (Fsp3) is 0.111. The molecule has 0 saturated carbocycles. The van der Waals surface area contributed by atoms with E-state index in [4.69, 9.17) is 0 Å². The standard InChI is InChI=1S/C18H15FN2O3S2/c1-26(23,24)16-4-2-3-13(10-16)17(22)21-18-20-11-15(25-18)9-12-5-7-14(19)8-6-12/h2-8,10-11H,9H2,1H3,(H,20,21,22). The Kier molecular flexibility index (Phi) is 5.15. The van der Waals surface area contributed by atoms with Crippen LogP contribution in [0.3, 0.4) is 0 Å². The van der Waals surface area contributed by atoms with E-state index >= 15 is 0 Å². The van der Waals surface area contributed by atoms with E-state index in [2.05, 4.69) is 10.3 Å². The molecule has 1 N–H and O–H groups in total. The van der Waals surface area contributed by atoms with Gasteiger partial charge in [-0.2, -0.15) is 0 Å². The van der Waals surface area contributed by atoms with E-state index in [1.54, 1.807) is 18.3 Å². The van der Waals surface area contributed by atoms with Gasteiger partial charge in [0.25, 0.3) is 5.91 Å². The highest BCUT2D eigenvalue weighted by molar-refractivity contribution is 7.90. The van der Waals surface area contributed by atoms with Gasteiger partial charge >= 0.3 is 0 Å². The van der Waals surface area contributed by atoms with E-state index < -0.39 is 15.7 Å². The van der Waals surface area contributed by atoms with Crippen molar-refractivity contribution in [3.8, 4) is 0 Å². The molecule has 0 atom stereocenters. The van der Waals surface area contributed by atoms with E-state index in [-0.39, 0.29) is 16.3 Å². The molecule has 1 amide bonds. The summed E-state index contributed by atoms with van der Waals surface area (Å²) in [6.07, 6.45) is 3.32. The van der Waals surface area contributed by atoms with E-state index in [0.29, 0.717) is 11.6 Å². The van der Waals surface area contributed by atoms with Gasteiger partial charge in [-0.3, -0.25) is 10.1 Å². The quantitative estimate of drug-likeness (QED) is 0.723.